The Balaban J connectivity index is 2.96. The molecule has 1 rings (SSSR count). The molecule has 0 bridgehead atoms. The summed E-state index contributed by atoms with van der Waals surface area (Å²) in [6.07, 6.45) is -1.01. The third-order valence-electron chi connectivity index (χ3n) is 1.78. The van der Waals surface area contributed by atoms with E-state index in [1.54, 1.807) is 32.0 Å². The summed E-state index contributed by atoms with van der Waals surface area (Å²) in [7, 11) is 0. The molecule has 12 heavy (non-hydrogen) atoms. The van der Waals surface area contributed by atoms with Crippen molar-refractivity contribution < 1.29 is 10.2 Å². The van der Waals surface area contributed by atoms with Crippen LogP contribution in [0.3, 0.4) is 0 Å². The van der Waals surface area contributed by atoms with Gasteiger partial charge in [-0.2, -0.15) is 0 Å². The van der Waals surface area contributed by atoms with Gasteiger partial charge in [0.25, 0.3) is 0 Å². The monoisotopic (exact) mass is 165 g/mol. The molecule has 0 saturated carbocycles. The third kappa shape index (κ3) is 2.06. The summed E-state index contributed by atoms with van der Waals surface area (Å²) in [5.41, 5.74) is 1.53. The van der Waals surface area contributed by atoms with Crippen molar-refractivity contribution in [2.24, 2.45) is 0 Å². The van der Waals surface area contributed by atoms with E-state index in [0.717, 1.165) is 5.56 Å². The van der Waals surface area contributed by atoms with Gasteiger partial charge in [0.2, 0.25) is 0 Å². The van der Waals surface area contributed by atoms with Gasteiger partial charge in [0.1, 0.15) is 0 Å². The van der Waals surface area contributed by atoms with Crippen molar-refractivity contribution in [2.45, 2.75) is 26.1 Å². The Labute approximate surface area is 72.5 Å². The minimum atomic E-state index is -0.524. The van der Waals surface area contributed by atoms with Crippen LogP contribution >= 0.6 is 0 Å². The zero-order valence-electron chi connectivity index (χ0n) is 7.28. The summed E-state index contributed by atoms with van der Waals surface area (Å²) < 4.78 is 0. The van der Waals surface area contributed by atoms with Crippen molar-refractivity contribution in [1.29, 1.82) is 0 Å². The van der Waals surface area contributed by atoms with Crippen molar-refractivity contribution in [3.63, 3.8) is 0 Å². The van der Waals surface area contributed by atoms with Crippen LogP contribution in [0, 0.1) is 6.07 Å². The summed E-state index contributed by atoms with van der Waals surface area (Å²) in [6.45, 7) is 3.37. The lowest BCUT2D eigenvalue weighted by atomic mass is 10.0. The molecule has 65 valence electrons. The van der Waals surface area contributed by atoms with Crippen molar-refractivity contribution in [2.75, 3.05) is 0 Å². The second kappa shape index (κ2) is 3.70. The van der Waals surface area contributed by atoms with Crippen LogP contribution < -0.4 is 0 Å². The fraction of sp³-hybridized carbons (Fsp3) is 0.400. The summed E-state index contributed by atoms with van der Waals surface area (Å²) in [6, 6.07) is 8.16. The number of aliphatic hydroxyl groups is 2. The van der Waals surface area contributed by atoms with Gasteiger partial charge in [-0.05, 0) is 31.0 Å². The molecular weight excluding hydrogens is 152 g/mol. The highest BCUT2D eigenvalue weighted by Gasteiger charge is 2.04. The molecule has 0 saturated heterocycles. The predicted molar refractivity (Wildman–Crippen MR) is 46.5 cm³/mol. The first kappa shape index (κ1) is 9.23. The summed E-state index contributed by atoms with van der Waals surface area (Å²) in [5.74, 6) is 0. The standard InChI is InChI=1S/C10H13O2/c1-7(11)9-4-3-5-10(6-9)8(2)12/h3-4,6-8,11-12H,1-2H3. The fourth-order valence-corrected chi connectivity index (χ4v) is 1.00. The van der Waals surface area contributed by atoms with Gasteiger partial charge in [-0.3, -0.25) is 0 Å². The number of benzene rings is 1. The highest BCUT2D eigenvalue weighted by Crippen LogP contribution is 2.17. The predicted octanol–water partition coefficient (Wildman–Crippen LogP) is 1.59. The van der Waals surface area contributed by atoms with Crippen LogP contribution in [0.2, 0.25) is 0 Å². The molecule has 2 heteroatoms. The maximum Gasteiger partial charge on any atom is 0.0768 e. The molecule has 2 atom stereocenters. The molecule has 1 aromatic rings. The number of hydrogen-bond acceptors (Lipinski definition) is 2. The quantitative estimate of drug-likeness (QED) is 0.698. The molecule has 0 aromatic heterocycles. The summed E-state index contributed by atoms with van der Waals surface area (Å²) in [5, 5.41) is 18.5. The Morgan fingerprint density at radius 1 is 1.25 bits per heavy atom. The lowest BCUT2D eigenvalue weighted by Gasteiger charge is -2.08. The minimum absolute atomic E-state index is 0.489. The van der Waals surface area contributed by atoms with Gasteiger partial charge in [-0.1, -0.05) is 18.2 Å². The van der Waals surface area contributed by atoms with Crippen LogP contribution in [0.5, 0.6) is 0 Å². The second-order valence-electron chi connectivity index (χ2n) is 2.93. The first-order chi connectivity index (χ1) is 5.61. The number of hydrogen-bond donors (Lipinski definition) is 2. The molecule has 2 N–H and O–H groups in total. The summed E-state index contributed by atoms with van der Waals surface area (Å²) >= 11 is 0. The van der Waals surface area contributed by atoms with Crippen LogP contribution in [-0.4, -0.2) is 10.2 Å². The normalized spacial score (nSPS) is 15.7. The smallest absolute Gasteiger partial charge is 0.0768 e. The second-order valence-corrected chi connectivity index (χ2v) is 2.93. The van der Waals surface area contributed by atoms with Crippen molar-refractivity contribution >= 4 is 0 Å². The Morgan fingerprint density at radius 2 is 1.92 bits per heavy atom. The molecule has 0 fully saturated rings. The van der Waals surface area contributed by atoms with Crippen molar-refractivity contribution in [3.05, 3.63) is 35.4 Å². The lowest BCUT2D eigenvalue weighted by molar-refractivity contribution is 0.192. The summed E-state index contributed by atoms with van der Waals surface area (Å²) in [4.78, 5) is 0. The van der Waals surface area contributed by atoms with Gasteiger partial charge in [-0.15, -0.1) is 0 Å². The number of rotatable bonds is 2. The van der Waals surface area contributed by atoms with E-state index in [4.69, 9.17) is 0 Å². The topological polar surface area (TPSA) is 40.5 Å². The van der Waals surface area contributed by atoms with Crippen LogP contribution in [0.15, 0.2) is 18.2 Å². The molecule has 0 spiro atoms. The van der Waals surface area contributed by atoms with E-state index in [2.05, 4.69) is 6.07 Å². The van der Waals surface area contributed by atoms with Gasteiger partial charge >= 0.3 is 0 Å². The highest BCUT2D eigenvalue weighted by molar-refractivity contribution is 5.24. The molecular formula is C10H13O2. The zero-order valence-corrected chi connectivity index (χ0v) is 7.28. The first-order valence-corrected chi connectivity index (χ1v) is 3.99. The Hall–Kier alpha value is -0.860. The van der Waals surface area contributed by atoms with Crippen LogP contribution in [0.25, 0.3) is 0 Å². The number of aliphatic hydroxyl groups excluding tert-OH is 2. The Morgan fingerprint density at radius 3 is 2.42 bits per heavy atom. The van der Waals surface area contributed by atoms with E-state index in [-0.39, 0.29) is 0 Å². The van der Waals surface area contributed by atoms with E-state index in [1.165, 1.54) is 0 Å². The minimum Gasteiger partial charge on any atom is -0.389 e. The highest BCUT2D eigenvalue weighted by atomic mass is 16.3. The Kier molecular flexibility index (Phi) is 2.84. The average molecular weight is 165 g/mol. The van der Waals surface area contributed by atoms with E-state index in [9.17, 15) is 10.2 Å². The van der Waals surface area contributed by atoms with Crippen molar-refractivity contribution in [3.8, 4) is 0 Å². The molecule has 2 nitrogen and oxygen atoms in total. The van der Waals surface area contributed by atoms with E-state index in [0.29, 0.717) is 5.56 Å². The average Bonchev–Trinajstić information content (AvgIpc) is 2.04. The largest absolute Gasteiger partial charge is 0.389 e. The van der Waals surface area contributed by atoms with Gasteiger partial charge in [0, 0.05) is 0 Å². The van der Waals surface area contributed by atoms with Gasteiger partial charge in [0.05, 0.1) is 12.2 Å². The fourth-order valence-electron chi connectivity index (χ4n) is 1.00. The maximum atomic E-state index is 9.23. The maximum absolute atomic E-state index is 9.23. The first-order valence-electron chi connectivity index (χ1n) is 3.99. The lowest BCUT2D eigenvalue weighted by Crippen LogP contribution is -1.96. The van der Waals surface area contributed by atoms with E-state index >= 15 is 0 Å². The van der Waals surface area contributed by atoms with Crippen LogP contribution in [0.4, 0.5) is 0 Å². The molecule has 1 aromatic carbocycles. The third-order valence-corrected chi connectivity index (χ3v) is 1.78. The molecule has 0 heterocycles. The Bertz CT molecular complexity index is 231. The molecule has 2 unspecified atom stereocenters. The van der Waals surface area contributed by atoms with Gasteiger partial charge in [0.15, 0.2) is 0 Å². The van der Waals surface area contributed by atoms with E-state index < -0.39 is 12.2 Å². The molecule has 0 amide bonds. The molecule has 0 aliphatic heterocycles. The zero-order chi connectivity index (χ0) is 9.14. The van der Waals surface area contributed by atoms with Crippen LogP contribution in [-0.2, 0) is 0 Å². The SMILES string of the molecule is CC(O)c1[c]ccc(C(C)O)c1. The van der Waals surface area contributed by atoms with Crippen molar-refractivity contribution in [1.82, 2.24) is 0 Å². The van der Waals surface area contributed by atoms with E-state index in [1.807, 2.05) is 0 Å². The van der Waals surface area contributed by atoms with Gasteiger partial charge < -0.3 is 10.2 Å². The molecule has 0 aliphatic carbocycles. The molecule has 1 radical (unpaired) electrons. The molecule has 0 aliphatic rings. The van der Waals surface area contributed by atoms with Gasteiger partial charge in [-0.25, -0.2) is 0 Å². The van der Waals surface area contributed by atoms with Crippen LogP contribution in [0.1, 0.15) is 37.2 Å².